The number of allylic oxidation sites excluding steroid dienone is 2. The highest BCUT2D eigenvalue weighted by molar-refractivity contribution is 7.90. The summed E-state index contributed by atoms with van der Waals surface area (Å²) in [4.78, 5) is 14.0. The van der Waals surface area contributed by atoms with Gasteiger partial charge in [0.2, 0.25) is 0 Å². The predicted molar refractivity (Wildman–Crippen MR) is 82.0 cm³/mol. The van der Waals surface area contributed by atoms with Crippen molar-refractivity contribution in [1.29, 1.82) is 0 Å². The van der Waals surface area contributed by atoms with Gasteiger partial charge in [-0.25, -0.2) is 13.2 Å². The monoisotopic (exact) mass is 318 g/mol. The molecule has 22 heavy (non-hydrogen) atoms. The van der Waals surface area contributed by atoms with Crippen LogP contribution in [-0.2, 0) is 14.8 Å². The third kappa shape index (κ3) is 2.94. The summed E-state index contributed by atoms with van der Waals surface area (Å²) in [5.41, 5.74) is 1.09. The molecule has 2 aliphatic rings. The highest BCUT2D eigenvalue weighted by atomic mass is 32.2. The Morgan fingerprint density at radius 2 is 2.18 bits per heavy atom. The molecule has 0 radical (unpaired) electrons. The number of nitrogens with zero attached hydrogens (tertiary/aromatic N) is 2. The Hall–Kier alpha value is -2.41. The van der Waals surface area contributed by atoms with Crippen LogP contribution in [0.4, 0.5) is 0 Å². The van der Waals surface area contributed by atoms with Crippen LogP contribution in [0.5, 0.6) is 5.75 Å². The lowest BCUT2D eigenvalue weighted by Crippen LogP contribution is -2.40. The number of amidine groups is 1. The molecule has 0 N–H and O–H groups in total. The summed E-state index contributed by atoms with van der Waals surface area (Å²) in [5.74, 6) is -0.172. The van der Waals surface area contributed by atoms with Crippen molar-refractivity contribution in [2.24, 2.45) is 4.40 Å². The molecule has 3 rings (SSSR count). The molecule has 0 atom stereocenters. The minimum absolute atomic E-state index is 0.0684. The molecular formula is C15H14N2O4S. The molecule has 0 aromatic heterocycles. The fourth-order valence-corrected chi connectivity index (χ4v) is 3.20. The summed E-state index contributed by atoms with van der Waals surface area (Å²) in [7, 11) is -3.54. The van der Waals surface area contributed by atoms with Crippen LogP contribution < -0.4 is 4.74 Å². The first-order chi connectivity index (χ1) is 10.4. The minimum Gasteiger partial charge on any atom is -0.423 e. The zero-order valence-electron chi connectivity index (χ0n) is 11.9. The van der Waals surface area contributed by atoms with Crippen molar-refractivity contribution in [2.75, 3.05) is 12.3 Å². The fraction of sp³-hybridized carbons (Fsp3) is 0.200. The maximum atomic E-state index is 12.3. The minimum atomic E-state index is -3.54. The van der Waals surface area contributed by atoms with E-state index in [1.165, 1.54) is 6.08 Å². The lowest BCUT2D eigenvalue weighted by atomic mass is 10.1. The Balaban J connectivity index is 1.90. The second kappa shape index (κ2) is 5.42. The number of aryl methyl sites for hydroxylation is 1. The number of rotatable bonds is 2. The van der Waals surface area contributed by atoms with Gasteiger partial charge in [0, 0.05) is 12.7 Å². The average molecular weight is 318 g/mol. The fourth-order valence-electron chi connectivity index (χ4n) is 2.22. The number of esters is 1. The van der Waals surface area contributed by atoms with Crippen molar-refractivity contribution in [3.8, 4) is 5.75 Å². The smallest absolute Gasteiger partial charge is 0.347 e. The zero-order valence-corrected chi connectivity index (χ0v) is 12.7. The van der Waals surface area contributed by atoms with Gasteiger partial charge < -0.3 is 9.64 Å². The number of sulfonamides is 1. The van der Waals surface area contributed by atoms with Crippen LogP contribution in [0, 0.1) is 6.92 Å². The molecule has 0 fully saturated rings. The molecule has 7 heteroatoms. The largest absolute Gasteiger partial charge is 0.423 e. The molecule has 2 heterocycles. The zero-order chi connectivity index (χ0) is 15.7. The van der Waals surface area contributed by atoms with Crippen LogP contribution in [0.2, 0.25) is 0 Å². The lowest BCUT2D eigenvalue weighted by Gasteiger charge is -2.28. The van der Waals surface area contributed by atoms with E-state index in [2.05, 4.69) is 4.40 Å². The average Bonchev–Trinajstić information content (AvgIpc) is 2.45. The molecule has 0 spiro atoms. The highest BCUT2D eigenvalue weighted by Gasteiger charge is 2.30. The second-order valence-corrected chi connectivity index (χ2v) is 6.78. The van der Waals surface area contributed by atoms with Crippen LogP contribution in [0.3, 0.4) is 0 Å². The summed E-state index contributed by atoms with van der Waals surface area (Å²) in [6.45, 7) is 2.16. The summed E-state index contributed by atoms with van der Waals surface area (Å²) in [6.07, 6.45) is 4.87. The van der Waals surface area contributed by atoms with Crippen LogP contribution in [0.1, 0.15) is 5.56 Å². The third-order valence-electron chi connectivity index (χ3n) is 3.28. The van der Waals surface area contributed by atoms with Crippen LogP contribution in [-0.4, -0.2) is 37.4 Å². The van der Waals surface area contributed by atoms with Gasteiger partial charge >= 0.3 is 5.97 Å². The number of fused-ring (bicyclic) bond motifs is 1. The van der Waals surface area contributed by atoms with Crippen LogP contribution in [0.25, 0.3) is 0 Å². The van der Waals surface area contributed by atoms with Crippen LogP contribution >= 0.6 is 0 Å². The van der Waals surface area contributed by atoms with Crippen molar-refractivity contribution < 1.29 is 17.9 Å². The molecule has 0 bridgehead atoms. The number of benzene rings is 1. The van der Waals surface area contributed by atoms with Crippen molar-refractivity contribution in [3.05, 3.63) is 53.8 Å². The lowest BCUT2D eigenvalue weighted by molar-refractivity contribution is -0.129. The number of carbonyl (C=O) groups is 1. The molecule has 6 nitrogen and oxygen atoms in total. The van der Waals surface area contributed by atoms with Crippen molar-refractivity contribution in [2.45, 2.75) is 6.92 Å². The summed E-state index contributed by atoms with van der Waals surface area (Å²) in [5, 5.41) is 0. The van der Waals surface area contributed by atoms with Gasteiger partial charge in [-0.3, -0.25) is 0 Å². The number of carbonyl (C=O) groups excluding carboxylic acids is 1. The van der Waals surface area contributed by atoms with E-state index >= 15 is 0 Å². The molecule has 0 unspecified atom stereocenters. The molecule has 2 aliphatic heterocycles. The molecule has 0 aliphatic carbocycles. The van der Waals surface area contributed by atoms with Gasteiger partial charge in [0.15, 0.2) is 5.84 Å². The second-order valence-electron chi connectivity index (χ2n) is 5.02. The van der Waals surface area contributed by atoms with E-state index < -0.39 is 16.0 Å². The first-order valence-electron chi connectivity index (χ1n) is 6.72. The normalized spacial score (nSPS) is 19.0. The van der Waals surface area contributed by atoms with Gasteiger partial charge in [-0.15, -0.1) is 4.40 Å². The Labute approximate surface area is 128 Å². The van der Waals surface area contributed by atoms with Gasteiger partial charge in [-0.2, -0.15) is 0 Å². The van der Waals surface area contributed by atoms with Crippen molar-refractivity contribution in [3.63, 3.8) is 0 Å². The predicted octanol–water partition coefficient (Wildman–Crippen LogP) is 1.40. The number of hydrogen-bond acceptors (Lipinski definition) is 5. The molecule has 1 aromatic carbocycles. The standard InChI is InChI=1S/C15H14N2O4S/c1-11-4-2-5-12(10-11)21-15(18)13-6-3-7-17-8-9-22(19,20)16-14(13)17/h2-7,10H,8-9H2,1H3. The third-order valence-corrected chi connectivity index (χ3v) is 4.43. The van der Waals surface area contributed by atoms with Crippen molar-refractivity contribution in [1.82, 2.24) is 4.90 Å². The SMILES string of the molecule is Cc1cccc(OC(=O)C2=CC=CN3CCS(=O)(=O)N=C23)c1. The Bertz CT molecular complexity index is 822. The van der Waals surface area contributed by atoms with E-state index in [-0.39, 0.29) is 23.7 Å². The van der Waals surface area contributed by atoms with Crippen LogP contribution in [0.15, 0.2) is 52.6 Å². The van der Waals surface area contributed by atoms with Gasteiger partial charge in [0.05, 0.1) is 5.75 Å². The molecule has 114 valence electrons. The van der Waals surface area contributed by atoms with Gasteiger partial charge in [-0.05, 0) is 36.8 Å². The maximum Gasteiger partial charge on any atom is 0.347 e. The van der Waals surface area contributed by atoms with E-state index in [0.29, 0.717) is 5.75 Å². The highest BCUT2D eigenvalue weighted by Crippen LogP contribution is 2.20. The number of hydrogen-bond donors (Lipinski definition) is 0. The summed E-state index contributed by atoms with van der Waals surface area (Å²) in [6, 6.07) is 7.07. The van der Waals surface area contributed by atoms with Gasteiger partial charge in [0.1, 0.15) is 11.3 Å². The Morgan fingerprint density at radius 3 is 2.95 bits per heavy atom. The van der Waals surface area contributed by atoms with E-state index in [0.717, 1.165) is 5.56 Å². The Kier molecular flexibility index (Phi) is 3.58. The maximum absolute atomic E-state index is 12.3. The first kappa shape index (κ1) is 14.5. The van der Waals surface area contributed by atoms with Crippen molar-refractivity contribution >= 4 is 21.8 Å². The molecule has 0 amide bonds. The summed E-state index contributed by atoms with van der Waals surface area (Å²) < 4.78 is 32.3. The quantitative estimate of drug-likeness (QED) is 0.608. The van der Waals surface area contributed by atoms with E-state index in [9.17, 15) is 13.2 Å². The van der Waals surface area contributed by atoms with E-state index in [1.54, 1.807) is 35.4 Å². The van der Waals surface area contributed by atoms with Gasteiger partial charge in [-0.1, -0.05) is 12.1 Å². The molecular weight excluding hydrogens is 304 g/mol. The van der Waals surface area contributed by atoms with Gasteiger partial charge in [0.25, 0.3) is 10.0 Å². The van der Waals surface area contributed by atoms with E-state index in [1.807, 2.05) is 13.0 Å². The topological polar surface area (TPSA) is 76.0 Å². The Morgan fingerprint density at radius 1 is 1.36 bits per heavy atom. The molecule has 0 saturated heterocycles. The number of ether oxygens (including phenoxy) is 1. The molecule has 0 saturated carbocycles. The van der Waals surface area contributed by atoms with E-state index in [4.69, 9.17) is 4.74 Å². The first-order valence-corrected chi connectivity index (χ1v) is 8.32. The summed E-state index contributed by atoms with van der Waals surface area (Å²) >= 11 is 0. The molecule has 1 aromatic rings.